The molecule has 0 unspecified atom stereocenters. The van der Waals surface area contributed by atoms with Gasteiger partial charge in [0.1, 0.15) is 12.9 Å². The molecule has 18 heavy (non-hydrogen) atoms. The predicted molar refractivity (Wildman–Crippen MR) is 72.2 cm³/mol. The summed E-state index contributed by atoms with van der Waals surface area (Å²) < 4.78 is 0. The van der Waals surface area contributed by atoms with E-state index in [2.05, 4.69) is 0 Å². The van der Waals surface area contributed by atoms with Crippen LogP contribution in [0.25, 0.3) is 0 Å². The highest BCUT2D eigenvalue weighted by molar-refractivity contribution is 5.29. The third kappa shape index (κ3) is 4.91. The smallest absolute Gasteiger partial charge is 0.106 e. The van der Waals surface area contributed by atoms with Crippen molar-refractivity contribution in [3.05, 3.63) is 71.8 Å². The number of hydrogen-bond donors (Lipinski definition) is 2. The fraction of sp³-hybridized carbons (Fsp3) is 0.133. The van der Waals surface area contributed by atoms with E-state index in [1.807, 2.05) is 67.5 Å². The molecule has 0 fully saturated rings. The molecule has 0 spiro atoms. The lowest BCUT2D eigenvalue weighted by atomic mass is 10.0. The fourth-order valence-electron chi connectivity index (χ4n) is 1.46. The molecule has 2 rings (SSSR count). The van der Waals surface area contributed by atoms with Crippen molar-refractivity contribution in [2.24, 2.45) is 0 Å². The Balaban J connectivity index is 0.000000659. The molecule has 0 saturated heterocycles. The molecule has 0 atom stereocenters. The van der Waals surface area contributed by atoms with E-state index >= 15 is 0 Å². The van der Waals surface area contributed by atoms with Gasteiger partial charge in [-0.3, -0.25) is 0 Å². The molecule has 96 valence electrons. The van der Waals surface area contributed by atoms with Crippen molar-refractivity contribution in [1.29, 1.82) is 0 Å². The topological polar surface area (TPSA) is 57.5 Å². The second-order valence-corrected chi connectivity index (χ2v) is 3.22. The zero-order valence-corrected chi connectivity index (χ0v) is 10.4. The quantitative estimate of drug-likeness (QED) is 0.854. The van der Waals surface area contributed by atoms with Crippen molar-refractivity contribution in [2.45, 2.75) is 6.10 Å². The normalized spacial score (nSPS) is 8.67. The predicted octanol–water partition coefficient (Wildman–Crippen LogP) is 2.19. The van der Waals surface area contributed by atoms with Crippen molar-refractivity contribution < 1.29 is 15.0 Å². The van der Waals surface area contributed by atoms with Gasteiger partial charge in [-0.05, 0) is 11.1 Å². The maximum Gasteiger partial charge on any atom is 0.106 e. The molecule has 0 saturated carbocycles. The van der Waals surface area contributed by atoms with Crippen LogP contribution in [0.2, 0.25) is 0 Å². The summed E-state index contributed by atoms with van der Waals surface area (Å²) in [5.41, 5.74) is 1.86. The first-order valence-electron chi connectivity index (χ1n) is 5.39. The summed E-state index contributed by atoms with van der Waals surface area (Å²) in [5.74, 6) is 0. The summed E-state index contributed by atoms with van der Waals surface area (Å²) in [6.07, 6.45) is -0.516. The molecule has 2 aromatic rings. The zero-order valence-electron chi connectivity index (χ0n) is 10.4. The van der Waals surface area contributed by atoms with Gasteiger partial charge in [-0.25, -0.2) is 0 Å². The Hall–Kier alpha value is -1.97. The lowest BCUT2D eigenvalue weighted by molar-refractivity contribution is -0.0979. The lowest BCUT2D eigenvalue weighted by Gasteiger charge is -2.10. The fourth-order valence-corrected chi connectivity index (χ4v) is 1.46. The van der Waals surface area contributed by atoms with Gasteiger partial charge in [0.15, 0.2) is 0 Å². The molecule has 0 aliphatic rings. The van der Waals surface area contributed by atoms with E-state index in [9.17, 15) is 5.11 Å². The lowest BCUT2D eigenvalue weighted by Crippen LogP contribution is -1.98. The summed E-state index contributed by atoms with van der Waals surface area (Å²) in [6.45, 7) is 2.00. The molecule has 0 aliphatic heterocycles. The minimum Gasteiger partial charge on any atom is -0.400 e. The first-order chi connectivity index (χ1) is 8.88. The van der Waals surface area contributed by atoms with Gasteiger partial charge in [0.25, 0.3) is 0 Å². The standard InChI is InChI=1S/C13H12O.CH4O.CH2O/c14-13(11-7-3-1-4-8-11)12-9-5-2-6-10-12;2*1-2/h1-10,13-14H;2H,1H3;1H2. The van der Waals surface area contributed by atoms with Crippen molar-refractivity contribution in [3.63, 3.8) is 0 Å². The third-order valence-corrected chi connectivity index (χ3v) is 2.23. The SMILES string of the molecule is C=O.CO.OC(c1ccccc1)c1ccccc1. The molecular weight excluding hydrogens is 228 g/mol. The Bertz CT molecular complexity index is 361. The van der Waals surface area contributed by atoms with Gasteiger partial charge < -0.3 is 15.0 Å². The van der Waals surface area contributed by atoms with Crippen molar-refractivity contribution in [2.75, 3.05) is 7.11 Å². The molecule has 0 heterocycles. The number of aliphatic hydroxyl groups excluding tert-OH is 2. The number of carbonyl (C=O) groups is 1. The summed E-state index contributed by atoms with van der Waals surface area (Å²) >= 11 is 0. The first kappa shape index (κ1) is 16.0. The van der Waals surface area contributed by atoms with E-state index in [1.165, 1.54) is 0 Å². The highest BCUT2D eigenvalue weighted by Gasteiger charge is 2.07. The van der Waals surface area contributed by atoms with Crippen molar-refractivity contribution in [3.8, 4) is 0 Å². The van der Waals surface area contributed by atoms with Gasteiger partial charge in [-0.1, -0.05) is 60.7 Å². The summed E-state index contributed by atoms with van der Waals surface area (Å²) in [7, 11) is 1.00. The molecule has 2 N–H and O–H groups in total. The largest absolute Gasteiger partial charge is 0.400 e. The van der Waals surface area contributed by atoms with E-state index in [0.29, 0.717) is 0 Å². The van der Waals surface area contributed by atoms with Crippen LogP contribution in [0, 0.1) is 0 Å². The van der Waals surface area contributed by atoms with E-state index in [1.54, 1.807) is 0 Å². The summed E-state index contributed by atoms with van der Waals surface area (Å²) in [4.78, 5) is 8.00. The van der Waals surface area contributed by atoms with Gasteiger partial charge in [0.05, 0.1) is 0 Å². The first-order valence-corrected chi connectivity index (χ1v) is 5.39. The van der Waals surface area contributed by atoms with Gasteiger partial charge >= 0.3 is 0 Å². The highest BCUT2D eigenvalue weighted by atomic mass is 16.3. The molecule has 0 aliphatic carbocycles. The summed E-state index contributed by atoms with van der Waals surface area (Å²) in [6, 6.07) is 19.3. The Morgan fingerprint density at radius 2 is 1.06 bits per heavy atom. The maximum absolute atomic E-state index is 9.99. The van der Waals surface area contributed by atoms with E-state index in [4.69, 9.17) is 9.90 Å². The van der Waals surface area contributed by atoms with E-state index in [0.717, 1.165) is 18.2 Å². The minimum absolute atomic E-state index is 0.516. The van der Waals surface area contributed by atoms with Gasteiger partial charge in [0.2, 0.25) is 0 Å². The molecule has 3 nitrogen and oxygen atoms in total. The number of benzene rings is 2. The van der Waals surface area contributed by atoms with Crippen LogP contribution >= 0.6 is 0 Å². The number of carbonyl (C=O) groups excluding carboxylic acids is 1. The van der Waals surface area contributed by atoms with Crippen LogP contribution in [0.15, 0.2) is 60.7 Å². The number of aliphatic hydroxyl groups is 2. The monoisotopic (exact) mass is 246 g/mol. The van der Waals surface area contributed by atoms with Crippen LogP contribution in [0.5, 0.6) is 0 Å². The van der Waals surface area contributed by atoms with Gasteiger partial charge in [-0.2, -0.15) is 0 Å². The molecule has 3 heteroatoms. The minimum atomic E-state index is -0.516. The molecule has 0 bridgehead atoms. The average molecular weight is 246 g/mol. The number of hydrogen-bond acceptors (Lipinski definition) is 3. The summed E-state index contributed by atoms with van der Waals surface area (Å²) in [5, 5.41) is 17.0. The van der Waals surface area contributed by atoms with Crippen LogP contribution in [0.1, 0.15) is 17.2 Å². The number of rotatable bonds is 2. The van der Waals surface area contributed by atoms with Crippen LogP contribution in [-0.2, 0) is 4.79 Å². The Labute approximate surface area is 107 Å². The van der Waals surface area contributed by atoms with Crippen molar-refractivity contribution >= 4 is 6.79 Å². The maximum atomic E-state index is 9.99. The molecule has 0 radical (unpaired) electrons. The molecular formula is C15H18O3. The van der Waals surface area contributed by atoms with E-state index < -0.39 is 6.10 Å². The van der Waals surface area contributed by atoms with Gasteiger partial charge in [-0.15, -0.1) is 0 Å². The Morgan fingerprint density at radius 1 is 0.778 bits per heavy atom. The van der Waals surface area contributed by atoms with Crippen LogP contribution < -0.4 is 0 Å². The highest BCUT2D eigenvalue weighted by Crippen LogP contribution is 2.20. The van der Waals surface area contributed by atoms with Gasteiger partial charge in [0, 0.05) is 7.11 Å². The molecule has 0 aromatic heterocycles. The zero-order chi connectivity index (χ0) is 13.8. The van der Waals surface area contributed by atoms with Crippen LogP contribution in [0.4, 0.5) is 0 Å². The second kappa shape index (κ2) is 10.2. The Morgan fingerprint density at radius 3 is 1.33 bits per heavy atom. The molecule has 2 aromatic carbocycles. The van der Waals surface area contributed by atoms with Crippen molar-refractivity contribution in [1.82, 2.24) is 0 Å². The van der Waals surface area contributed by atoms with Crippen LogP contribution in [0.3, 0.4) is 0 Å². The Kier molecular flexibility index (Phi) is 9.08. The third-order valence-electron chi connectivity index (χ3n) is 2.23. The van der Waals surface area contributed by atoms with Crippen LogP contribution in [-0.4, -0.2) is 24.1 Å². The van der Waals surface area contributed by atoms with E-state index in [-0.39, 0.29) is 0 Å². The second-order valence-electron chi connectivity index (χ2n) is 3.22. The average Bonchev–Trinajstić information content (AvgIpc) is 2.52. The molecule has 0 amide bonds.